The molecule has 0 spiro atoms. The van der Waals surface area contributed by atoms with Gasteiger partial charge in [0.05, 0.1) is 66.1 Å². The summed E-state index contributed by atoms with van der Waals surface area (Å²) in [6.07, 6.45) is -15.2. The molecule has 7 unspecified atom stereocenters. The van der Waals surface area contributed by atoms with Gasteiger partial charge in [-0.3, -0.25) is 0 Å². The number of amides is 1. The highest BCUT2D eigenvalue weighted by molar-refractivity contribution is 5.67. The van der Waals surface area contributed by atoms with Crippen LogP contribution >= 0.6 is 0 Å². The zero-order valence-corrected chi connectivity index (χ0v) is 59.4. The van der Waals surface area contributed by atoms with E-state index in [1.54, 1.807) is 0 Å². The third-order valence-electron chi connectivity index (χ3n) is 18.9. The second-order valence-corrected chi connectivity index (χ2v) is 26.7. The zero-order chi connectivity index (χ0) is 72.2. The average molecular weight is 1440 g/mol. The molecule has 106 heavy (non-hydrogen) atoms. The van der Waals surface area contributed by atoms with Crippen molar-refractivity contribution in [2.24, 2.45) is 0 Å². The number of aliphatic hydroxyl groups is 1. The van der Waals surface area contributed by atoms with Crippen LogP contribution < -0.4 is 5.32 Å². The van der Waals surface area contributed by atoms with Crippen molar-refractivity contribution in [2.75, 3.05) is 33.0 Å². The average Bonchev–Trinajstić information content (AvgIpc) is 0.771. The second-order valence-electron chi connectivity index (χ2n) is 26.7. The molecule has 0 radical (unpaired) electrons. The summed E-state index contributed by atoms with van der Waals surface area (Å²) in [5.74, 6) is 0. The normalized spacial score (nSPS) is 25.8. The van der Waals surface area contributed by atoms with E-state index >= 15 is 0 Å². The Morgan fingerprint density at radius 2 is 0.717 bits per heavy atom. The minimum atomic E-state index is -1.32. The lowest BCUT2D eigenvalue weighted by Gasteiger charge is -2.52. The number of aliphatic hydroxyl groups excluding tert-OH is 1. The molecule has 0 bridgehead atoms. The summed E-state index contributed by atoms with van der Waals surface area (Å²) in [5.41, 5.74) is 7.99. The van der Waals surface area contributed by atoms with E-state index in [1.807, 2.05) is 273 Å². The van der Waals surface area contributed by atoms with E-state index in [2.05, 4.69) is 5.32 Å². The van der Waals surface area contributed by atoms with Crippen molar-refractivity contribution < 1.29 is 85.7 Å². The van der Waals surface area contributed by atoms with Crippen molar-refractivity contribution in [2.45, 2.75) is 171 Å². The monoisotopic (exact) mass is 1440 g/mol. The zero-order valence-electron chi connectivity index (χ0n) is 59.4. The van der Waals surface area contributed by atoms with E-state index in [9.17, 15) is 9.90 Å². The fraction of sp³-hybridized carbons (Fsp3) is 0.368. The molecule has 1 amide bonds. The van der Waals surface area contributed by atoms with Crippen LogP contribution in [0.2, 0.25) is 0 Å². The Morgan fingerprint density at radius 3 is 1.15 bits per heavy atom. The predicted molar refractivity (Wildman–Crippen MR) is 393 cm³/mol. The van der Waals surface area contributed by atoms with Gasteiger partial charge in [-0.2, -0.15) is 0 Å². The fourth-order valence-electron chi connectivity index (χ4n) is 13.4. The first kappa shape index (κ1) is 75.8. The number of nitrogens with one attached hydrogen (secondary N) is 1. The molecular formula is C87H95NO18. The van der Waals surface area contributed by atoms with Crippen LogP contribution in [0.25, 0.3) is 0 Å². The van der Waals surface area contributed by atoms with E-state index in [-0.39, 0.29) is 79.3 Å². The Morgan fingerprint density at radius 1 is 0.358 bits per heavy atom. The lowest BCUT2D eigenvalue weighted by atomic mass is 9.94. The largest absolute Gasteiger partial charge is 0.445 e. The molecule has 4 saturated heterocycles. The lowest BCUT2D eigenvalue weighted by molar-refractivity contribution is -0.403. The smallest absolute Gasteiger partial charge is 0.407 e. The van der Waals surface area contributed by atoms with Crippen LogP contribution in [0, 0.1) is 0 Å². The van der Waals surface area contributed by atoms with Gasteiger partial charge in [-0.1, -0.05) is 273 Å². The summed E-state index contributed by atoms with van der Waals surface area (Å²) in [6, 6.07) is 88.3. The van der Waals surface area contributed by atoms with Crippen LogP contribution in [0.1, 0.15) is 75.6 Å². The first-order chi connectivity index (χ1) is 52.4. The van der Waals surface area contributed by atoms with Crippen LogP contribution in [0.4, 0.5) is 4.79 Å². The number of carbonyl (C=O) groups is 1. The van der Waals surface area contributed by atoms with Crippen molar-refractivity contribution in [3.63, 3.8) is 0 Å². The summed E-state index contributed by atoms with van der Waals surface area (Å²) < 4.78 is 112. The van der Waals surface area contributed by atoms with E-state index in [4.69, 9.17) is 75.8 Å². The van der Waals surface area contributed by atoms with Crippen molar-refractivity contribution in [3.8, 4) is 0 Å². The molecule has 4 heterocycles. The highest BCUT2D eigenvalue weighted by Crippen LogP contribution is 2.41. The SMILES string of the molecule is O=C(NCCCCCO[C@@H]1OC(COCc2ccccc2)[C@@H](O[C@@H]2OC(COCc3ccccc3)[C@H](O[C@H]3OC4COC(c5ccccc5)O[C@@H]4[C@H](O)C3OCc3ccccc3)[C@@H](OCc3ccccc3)C2OCc2ccccc2)[C@@H](OCc2ccccc2)C1OCc1ccccc1)OCc1ccccc1. The second kappa shape index (κ2) is 40.5. The van der Waals surface area contributed by atoms with E-state index in [0.717, 1.165) is 56.5 Å². The van der Waals surface area contributed by atoms with Gasteiger partial charge in [0.2, 0.25) is 0 Å². The molecule has 9 aromatic rings. The summed E-state index contributed by atoms with van der Waals surface area (Å²) in [6.45, 7) is 1.88. The first-order valence-electron chi connectivity index (χ1n) is 36.8. The number of fused-ring (bicyclic) bond motifs is 1. The first-order valence-corrected chi connectivity index (χ1v) is 36.8. The van der Waals surface area contributed by atoms with Crippen LogP contribution in [0.15, 0.2) is 273 Å². The molecular weight excluding hydrogens is 1350 g/mol. The summed E-state index contributed by atoms with van der Waals surface area (Å²) >= 11 is 0. The Hall–Kier alpha value is -8.39. The van der Waals surface area contributed by atoms with Crippen molar-refractivity contribution >= 4 is 6.09 Å². The highest BCUT2D eigenvalue weighted by atomic mass is 16.8. The van der Waals surface area contributed by atoms with Crippen molar-refractivity contribution in [3.05, 3.63) is 323 Å². The standard InChI is InChI=1S/C87H95NO18/c89-74-75-73(61-99-83(104-75)70-47-27-9-28-48-70)103-85(78(74)94-53-64-35-15-3-16-36-64)105-77-72(60-92-52-63-33-13-2-14-34-63)102-86(82(98-57-68-43-23-7-24-44-68)80(77)96-55-66-39-19-5-20-40-66)106-76-71(59-91-51-62-31-11-1-12-32-62)101-84(93-50-30-10-29-49-88-87(90)100-58-69-45-25-8-26-46-69)81(97-56-67-41-21-6-22-42-67)79(76)95-54-65-37-17-4-18-38-65/h1-9,11-28,31-48,71-86,89H,10,29-30,49-61H2,(H,88,90)/t71?,72?,73?,74-,75-,76+,77-,78?,79+,80+,81?,82?,83?,84+,85+,86-/m0/s1. The quantitative estimate of drug-likeness (QED) is 0.0348. The topological polar surface area (TPSA) is 197 Å². The lowest BCUT2D eigenvalue weighted by Crippen LogP contribution is -2.68. The van der Waals surface area contributed by atoms with Gasteiger partial charge in [-0.25, -0.2) is 4.79 Å². The molecule has 4 aliphatic heterocycles. The van der Waals surface area contributed by atoms with Gasteiger partial charge >= 0.3 is 6.09 Å². The third-order valence-corrected chi connectivity index (χ3v) is 18.9. The van der Waals surface area contributed by atoms with E-state index < -0.39 is 105 Å². The fourth-order valence-corrected chi connectivity index (χ4v) is 13.4. The minimum absolute atomic E-state index is 0.00100. The maximum atomic E-state index is 12.9. The van der Waals surface area contributed by atoms with Crippen molar-refractivity contribution in [1.29, 1.82) is 0 Å². The molecule has 556 valence electrons. The highest BCUT2D eigenvalue weighted by Gasteiger charge is 2.58. The number of carbonyl (C=O) groups excluding carboxylic acids is 1. The summed E-state index contributed by atoms with van der Waals surface area (Å²) in [5, 5.41) is 15.8. The number of benzene rings is 9. The summed E-state index contributed by atoms with van der Waals surface area (Å²) in [7, 11) is 0. The van der Waals surface area contributed by atoms with Gasteiger partial charge in [0, 0.05) is 18.7 Å². The molecule has 0 aromatic heterocycles. The maximum Gasteiger partial charge on any atom is 0.407 e. The Bertz CT molecular complexity index is 3910. The van der Waals surface area contributed by atoms with Gasteiger partial charge in [0.15, 0.2) is 25.2 Å². The molecule has 16 atom stereocenters. The maximum absolute atomic E-state index is 12.9. The Labute approximate surface area is 620 Å². The molecule has 4 aliphatic rings. The molecule has 0 saturated carbocycles. The Kier molecular flexibility index (Phi) is 29.0. The molecule has 13 rings (SSSR count). The number of ether oxygens (including phenoxy) is 16. The molecule has 19 heteroatoms. The van der Waals surface area contributed by atoms with Gasteiger partial charge in [-0.05, 0) is 63.8 Å². The number of alkyl carbamates (subject to hydrolysis) is 1. The molecule has 2 N–H and O–H groups in total. The number of unbranched alkanes of at least 4 members (excludes halogenated alkanes) is 2. The van der Waals surface area contributed by atoms with E-state index in [0.29, 0.717) is 19.4 Å². The van der Waals surface area contributed by atoms with Gasteiger partial charge in [-0.15, -0.1) is 0 Å². The number of hydrogen-bond donors (Lipinski definition) is 2. The van der Waals surface area contributed by atoms with Crippen LogP contribution in [-0.4, -0.2) is 136 Å². The van der Waals surface area contributed by atoms with Gasteiger partial charge in [0.25, 0.3) is 0 Å². The van der Waals surface area contributed by atoms with Crippen LogP contribution in [0.3, 0.4) is 0 Å². The molecule has 9 aromatic carbocycles. The van der Waals surface area contributed by atoms with Crippen molar-refractivity contribution in [1.82, 2.24) is 5.32 Å². The minimum Gasteiger partial charge on any atom is -0.445 e. The molecule has 4 fully saturated rings. The van der Waals surface area contributed by atoms with Crippen LogP contribution in [0.5, 0.6) is 0 Å². The molecule has 0 aliphatic carbocycles. The third kappa shape index (κ3) is 22.1. The van der Waals surface area contributed by atoms with Gasteiger partial charge in [0.1, 0.15) is 79.9 Å². The van der Waals surface area contributed by atoms with E-state index in [1.165, 1.54) is 0 Å². The molecule has 19 nitrogen and oxygen atoms in total. The van der Waals surface area contributed by atoms with Crippen LogP contribution in [-0.2, 0) is 129 Å². The summed E-state index contributed by atoms with van der Waals surface area (Å²) in [4.78, 5) is 12.7. The van der Waals surface area contributed by atoms with Gasteiger partial charge < -0.3 is 86.2 Å². The number of hydrogen-bond acceptors (Lipinski definition) is 18. The predicted octanol–water partition coefficient (Wildman–Crippen LogP) is 13.9. The number of rotatable bonds is 37. The Balaban J connectivity index is 0.861.